The van der Waals surface area contributed by atoms with Crippen LogP contribution in [0.15, 0.2) is 141 Å². The number of rotatable bonds is 16. The molecule has 7 N–H and O–H groups in total. The van der Waals surface area contributed by atoms with Gasteiger partial charge in [-0.1, -0.05) is 12.1 Å². The van der Waals surface area contributed by atoms with Gasteiger partial charge < -0.3 is 63.7 Å². The number of H-pyrrole nitrogens is 3. The second-order valence-corrected chi connectivity index (χ2v) is 25.9. The lowest BCUT2D eigenvalue weighted by Gasteiger charge is -2.33. The van der Waals surface area contributed by atoms with Gasteiger partial charge in [0.2, 0.25) is 17.8 Å². The average molecular weight is 1430 g/mol. The number of hydrogen-bond donors (Lipinski definition) is 7. The minimum absolute atomic E-state index is 0.0126. The number of ether oxygens (including phenoxy) is 2. The molecule has 2 fully saturated rings. The number of piperazine rings is 1. The third-order valence-corrected chi connectivity index (χ3v) is 18.0. The predicted molar refractivity (Wildman–Crippen MR) is 406 cm³/mol. The number of imidazole rings is 4. The van der Waals surface area contributed by atoms with E-state index in [-0.39, 0.29) is 37.0 Å². The molecule has 6 amide bonds. The van der Waals surface area contributed by atoms with Gasteiger partial charge in [-0.25, -0.2) is 54.3 Å². The Morgan fingerprint density at radius 3 is 1.85 bits per heavy atom. The molecule has 0 saturated carbocycles. The summed E-state index contributed by atoms with van der Waals surface area (Å²) in [4.78, 5) is 129. The second-order valence-electron chi connectivity index (χ2n) is 25.9. The third-order valence-electron chi connectivity index (χ3n) is 18.0. The Morgan fingerprint density at radius 1 is 0.566 bits per heavy atom. The number of pyridine rings is 2. The smallest absolute Gasteiger partial charge is 0.413 e. The number of benzene rings is 4. The lowest BCUT2D eigenvalue weighted by atomic mass is 9.98. The van der Waals surface area contributed by atoms with Gasteiger partial charge in [-0.3, -0.25) is 35.5 Å². The number of amides is 6. The molecular weight excluding hydrogens is 1350 g/mol. The Labute approximate surface area is 610 Å². The van der Waals surface area contributed by atoms with Crippen molar-refractivity contribution < 1.29 is 33.4 Å². The van der Waals surface area contributed by atoms with Crippen LogP contribution in [0.3, 0.4) is 0 Å². The number of aromatic amines is 3. The maximum atomic E-state index is 13.0. The summed E-state index contributed by atoms with van der Waals surface area (Å²) in [5.74, 6) is 2.19. The third kappa shape index (κ3) is 16.5. The standard InChI is InChI=1S/C27H33N11O2.C25H25N7O3.C23H24N6O2/c1-3-28-27(40)34-26-32-21-13-18(38-15-22(31-17-38)25(39)37-6-4-5-7-37)12-19(24(21)33-26)20-14-23(30-16-29-20)36-10-8-35(2)9-11-36;1-4-35-25(34)30-24-28-19-14-16(13-18(21(19)29-24)22-26-8-5-9-27-22)15-6-7-20-17(12-15)23(33)32(3)11-10-31(20)2;1-4-31-23(30)28-22-26-20-12-17(16-6-5-8-24-13-16)11-18(21(20)27-22)19-10-15(7-9-25-19)14-29(2)3/h12-17H,3-11H2,1-2H3,(H3,28,32,33,34,40);5-9,12-14H,4,10-11H2,1-3H3,(H2,28,29,30,34);5-13H,4,14H2,1-3H3,(H2,26,27,28,30). The van der Waals surface area contributed by atoms with Crippen molar-refractivity contribution in [2.45, 2.75) is 40.2 Å². The Bertz CT molecular complexity index is 5160. The lowest BCUT2D eigenvalue weighted by molar-refractivity contribution is 0.0784. The van der Waals surface area contributed by atoms with E-state index in [2.05, 4.69) is 120 Å². The van der Waals surface area contributed by atoms with Crippen LogP contribution in [0.1, 0.15) is 60.0 Å². The number of nitrogens with zero attached hydrogens (tertiary/aromatic N) is 17. The Hall–Kier alpha value is -12.8. The maximum Gasteiger partial charge on any atom is 0.413 e. The van der Waals surface area contributed by atoms with Crippen LogP contribution in [0.4, 0.5) is 43.7 Å². The van der Waals surface area contributed by atoms with Crippen LogP contribution >= 0.6 is 0 Å². The first-order valence-corrected chi connectivity index (χ1v) is 35.0. The molecule has 544 valence electrons. The van der Waals surface area contributed by atoms with E-state index >= 15 is 0 Å². The molecule has 31 nitrogen and oxygen atoms in total. The highest BCUT2D eigenvalue weighted by molar-refractivity contribution is 6.04. The summed E-state index contributed by atoms with van der Waals surface area (Å²) in [5, 5.41) is 10.7. The van der Waals surface area contributed by atoms with Gasteiger partial charge in [0.15, 0.2) is 5.82 Å². The van der Waals surface area contributed by atoms with Crippen LogP contribution in [0, 0.1) is 0 Å². The molecule has 106 heavy (non-hydrogen) atoms. The van der Waals surface area contributed by atoms with Gasteiger partial charge in [-0.2, -0.15) is 0 Å². The molecule has 0 aliphatic carbocycles. The predicted octanol–water partition coefficient (Wildman–Crippen LogP) is 10.4. The van der Waals surface area contributed by atoms with E-state index in [1.54, 1.807) is 68.5 Å². The topological polar surface area (TPSA) is 353 Å². The average Bonchev–Trinajstić information content (AvgIpc) is 1.65. The fourth-order valence-corrected chi connectivity index (χ4v) is 12.8. The summed E-state index contributed by atoms with van der Waals surface area (Å²) in [5.41, 5.74) is 15.6. The second kappa shape index (κ2) is 32.3. The van der Waals surface area contributed by atoms with Gasteiger partial charge >= 0.3 is 18.2 Å². The summed E-state index contributed by atoms with van der Waals surface area (Å²) in [7, 11) is 9.99. The van der Waals surface area contributed by atoms with Gasteiger partial charge in [0.1, 0.15) is 35.2 Å². The van der Waals surface area contributed by atoms with Crippen LogP contribution in [0.5, 0.6) is 0 Å². The number of nitrogens with one attached hydrogen (secondary N) is 7. The quantitative estimate of drug-likeness (QED) is 0.0472. The SMILES string of the molecule is CCNC(=O)Nc1nc2c(-c3cc(N4CCN(C)CC4)ncn3)cc(-n3cnc(C(=O)N4CCCC4)c3)cc2[nH]1.CCOC(=O)Nc1nc2c(-c3cc(CN(C)C)ccn3)cc(-c3cccnc3)cc2[nH]1.CCOC(=O)Nc1nc2c(-c3ncccn3)cc(-c3ccc4c(c3)C(=O)N(C)CCN4C)cc2[nH]1. The first kappa shape index (κ1) is 71.6. The van der Waals surface area contributed by atoms with E-state index in [1.165, 1.54) is 0 Å². The zero-order chi connectivity index (χ0) is 74.0. The van der Waals surface area contributed by atoms with Crippen LogP contribution in [-0.2, 0) is 16.0 Å². The van der Waals surface area contributed by atoms with Gasteiger partial charge in [-0.15, -0.1) is 0 Å². The van der Waals surface area contributed by atoms with E-state index in [4.69, 9.17) is 14.5 Å². The number of likely N-dealkylation sites (tertiary alicyclic amines) is 1. The van der Waals surface area contributed by atoms with Gasteiger partial charge in [0.25, 0.3) is 11.8 Å². The number of likely N-dealkylation sites (N-methyl/N-ethyl adjacent to an activating group) is 3. The van der Waals surface area contributed by atoms with Crippen molar-refractivity contribution in [3.8, 4) is 61.8 Å². The van der Waals surface area contributed by atoms with Crippen LogP contribution < -0.4 is 31.1 Å². The number of anilines is 5. The Balaban J connectivity index is 0.000000142. The van der Waals surface area contributed by atoms with Crippen LogP contribution in [0.25, 0.3) is 94.9 Å². The molecule has 3 aliphatic rings. The highest BCUT2D eigenvalue weighted by Gasteiger charge is 2.27. The number of hydrogen-bond acceptors (Lipinski definition) is 21. The number of carbonyl (C=O) groups excluding carboxylic acids is 5. The summed E-state index contributed by atoms with van der Waals surface area (Å²) in [6, 6.07) is 29.1. The van der Waals surface area contributed by atoms with Gasteiger partial charge in [0.05, 0.1) is 52.2 Å². The molecule has 0 spiro atoms. The van der Waals surface area contributed by atoms with Crippen molar-refractivity contribution in [1.82, 2.24) is 94.3 Å². The molecule has 31 heteroatoms. The minimum atomic E-state index is -0.596. The van der Waals surface area contributed by atoms with Crippen LogP contribution in [0.2, 0.25) is 0 Å². The van der Waals surface area contributed by atoms with Crippen molar-refractivity contribution in [2.24, 2.45) is 0 Å². The molecule has 11 heterocycles. The molecule has 0 radical (unpaired) electrons. The molecule has 0 atom stereocenters. The maximum absolute atomic E-state index is 13.0. The van der Waals surface area contributed by atoms with E-state index in [9.17, 15) is 24.0 Å². The van der Waals surface area contributed by atoms with Gasteiger partial charge in [0, 0.05) is 156 Å². The Kier molecular flexibility index (Phi) is 21.8. The molecule has 0 bridgehead atoms. The first-order valence-electron chi connectivity index (χ1n) is 35.0. The summed E-state index contributed by atoms with van der Waals surface area (Å²) in [6.45, 7) is 13.8. The number of fused-ring (bicyclic) bond motifs is 4. The fourth-order valence-electron chi connectivity index (χ4n) is 12.8. The first-order chi connectivity index (χ1) is 51.4. The zero-order valence-corrected chi connectivity index (χ0v) is 60.1. The van der Waals surface area contributed by atoms with Crippen LogP contribution in [-0.4, -0.2) is 226 Å². The molecule has 0 unspecified atom stereocenters. The van der Waals surface area contributed by atoms with Crippen molar-refractivity contribution in [3.63, 3.8) is 0 Å². The number of aromatic nitrogens is 14. The van der Waals surface area contributed by atoms with Crippen molar-refractivity contribution in [2.75, 3.05) is 133 Å². The van der Waals surface area contributed by atoms with E-state index in [0.29, 0.717) is 80.9 Å². The number of urea groups is 1. The summed E-state index contributed by atoms with van der Waals surface area (Å²) in [6.07, 6.45) is 14.6. The molecule has 3 aliphatic heterocycles. The summed E-state index contributed by atoms with van der Waals surface area (Å²) < 4.78 is 11.8. The largest absolute Gasteiger partial charge is 0.450 e. The Morgan fingerprint density at radius 2 is 1.19 bits per heavy atom. The molecule has 15 rings (SSSR count). The minimum Gasteiger partial charge on any atom is -0.450 e. The summed E-state index contributed by atoms with van der Waals surface area (Å²) >= 11 is 0. The molecule has 2 saturated heterocycles. The van der Waals surface area contributed by atoms with E-state index in [1.807, 2.05) is 124 Å². The monoisotopic (exact) mass is 1430 g/mol. The van der Waals surface area contributed by atoms with Crippen molar-refractivity contribution >= 4 is 92.5 Å². The molecule has 8 aromatic heterocycles. The zero-order valence-electron chi connectivity index (χ0n) is 60.1. The molecule has 12 aromatic rings. The van der Waals surface area contributed by atoms with Gasteiger partial charge in [-0.05, 0) is 150 Å². The number of carbonyl (C=O) groups is 5. The van der Waals surface area contributed by atoms with E-state index in [0.717, 1.165) is 133 Å². The molecule has 4 aromatic carbocycles. The fraction of sp³-hybridized carbons (Fsp3) is 0.293. The van der Waals surface area contributed by atoms with Crippen molar-refractivity contribution in [1.29, 1.82) is 0 Å². The highest BCUT2D eigenvalue weighted by Crippen LogP contribution is 2.38. The normalized spacial score (nSPS) is 13.8. The van der Waals surface area contributed by atoms with Crippen molar-refractivity contribution in [3.05, 3.63) is 158 Å². The molecular formula is C75H82N24O7. The lowest BCUT2D eigenvalue weighted by Crippen LogP contribution is -2.44. The highest BCUT2D eigenvalue weighted by atomic mass is 16.6. The van der Waals surface area contributed by atoms with E-state index < -0.39 is 12.2 Å².